The van der Waals surface area contributed by atoms with Crippen LogP contribution in [0.25, 0.3) is 5.76 Å². The molecule has 1 aliphatic heterocycles. The van der Waals surface area contributed by atoms with Gasteiger partial charge < -0.3 is 24.4 Å². The number of hydrogen-bond acceptors (Lipinski definition) is 6. The van der Waals surface area contributed by atoms with Crippen LogP contribution in [0.3, 0.4) is 0 Å². The van der Waals surface area contributed by atoms with Gasteiger partial charge in [-0.3, -0.25) is 9.59 Å². The van der Waals surface area contributed by atoms with Crippen LogP contribution in [-0.4, -0.2) is 68.0 Å². The number of ether oxygens (including phenoxy) is 2. The van der Waals surface area contributed by atoms with Gasteiger partial charge in [-0.1, -0.05) is 18.2 Å². The van der Waals surface area contributed by atoms with Crippen molar-refractivity contribution >= 4 is 17.4 Å². The summed E-state index contributed by atoms with van der Waals surface area (Å²) < 4.78 is 25.3. The summed E-state index contributed by atoms with van der Waals surface area (Å²) in [6, 6.07) is 9.56. The molecule has 0 spiro atoms. The number of methoxy groups -OCH3 is 2. The quantitative estimate of drug-likeness (QED) is 0.384. The highest BCUT2D eigenvalue weighted by molar-refractivity contribution is 6.46. The maximum absolute atomic E-state index is 14.8. The van der Waals surface area contributed by atoms with Gasteiger partial charge in [-0.05, 0) is 51.3 Å². The number of halogens is 1. The number of amides is 1. The van der Waals surface area contributed by atoms with E-state index in [1.807, 2.05) is 19.0 Å². The number of carbonyl (C=O) groups excluding carboxylic acids is 2. The minimum absolute atomic E-state index is 0.151. The van der Waals surface area contributed by atoms with Crippen LogP contribution < -0.4 is 9.47 Å². The molecule has 2 aromatic carbocycles. The third-order valence-corrected chi connectivity index (χ3v) is 5.40. The zero-order valence-electron chi connectivity index (χ0n) is 18.6. The van der Waals surface area contributed by atoms with Crippen molar-refractivity contribution in [1.29, 1.82) is 0 Å². The average Bonchev–Trinajstić information content (AvgIpc) is 3.03. The molecule has 1 fully saturated rings. The Morgan fingerprint density at radius 1 is 1.09 bits per heavy atom. The highest BCUT2D eigenvalue weighted by atomic mass is 19.1. The fourth-order valence-electron chi connectivity index (χ4n) is 3.83. The zero-order valence-corrected chi connectivity index (χ0v) is 18.6. The van der Waals surface area contributed by atoms with E-state index < -0.39 is 29.3 Å². The number of hydrogen-bond donors (Lipinski definition) is 1. The molecular formula is C24H27FN2O5. The van der Waals surface area contributed by atoms with Crippen LogP contribution in [-0.2, 0) is 9.59 Å². The Morgan fingerprint density at radius 3 is 2.41 bits per heavy atom. The first kappa shape index (κ1) is 23.3. The summed E-state index contributed by atoms with van der Waals surface area (Å²) in [5.74, 6) is -1.78. The predicted molar refractivity (Wildman–Crippen MR) is 118 cm³/mol. The molecule has 0 aliphatic carbocycles. The number of aliphatic hydroxyl groups is 1. The molecule has 3 rings (SSSR count). The van der Waals surface area contributed by atoms with Crippen LogP contribution >= 0.6 is 0 Å². The largest absolute Gasteiger partial charge is 0.507 e. The Balaban J connectivity index is 2.14. The third-order valence-electron chi connectivity index (χ3n) is 5.40. The number of likely N-dealkylation sites (tertiary alicyclic amines) is 1. The Bertz CT molecular complexity index is 1050. The number of ketones is 1. The molecular weight excluding hydrogens is 415 g/mol. The second-order valence-electron chi connectivity index (χ2n) is 7.74. The highest BCUT2D eigenvalue weighted by Crippen LogP contribution is 2.41. The van der Waals surface area contributed by atoms with Gasteiger partial charge in [0.2, 0.25) is 0 Å². The summed E-state index contributed by atoms with van der Waals surface area (Å²) in [5, 5.41) is 11.1. The van der Waals surface area contributed by atoms with Crippen LogP contribution in [0.1, 0.15) is 23.6 Å². The van der Waals surface area contributed by atoms with Crippen LogP contribution in [0.15, 0.2) is 48.0 Å². The van der Waals surface area contributed by atoms with Crippen LogP contribution in [0.2, 0.25) is 0 Å². The molecule has 1 heterocycles. The lowest BCUT2D eigenvalue weighted by molar-refractivity contribution is -0.140. The van der Waals surface area contributed by atoms with Gasteiger partial charge in [-0.25, -0.2) is 4.39 Å². The van der Waals surface area contributed by atoms with E-state index in [2.05, 4.69) is 0 Å². The topological polar surface area (TPSA) is 79.3 Å². The van der Waals surface area contributed by atoms with Gasteiger partial charge in [0.25, 0.3) is 11.7 Å². The van der Waals surface area contributed by atoms with E-state index in [9.17, 15) is 19.1 Å². The van der Waals surface area contributed by atoms with Crippen molar-refractivity contribution in [2.75, 3.05) is 41.4 Å². The molecule has 32 heavy (non-hydrogen) atoms. The summed E-state index contributed by atoms with van der Waals surface area (Å²) in [6.45, 7) is 0.924. The van der Waals surface area contributed by atoms with Gasteiger partial charge in [0.15, 0.2) is 11.5 Å². The predicted octanol–water partition coefficient (Wildman–Crippen LogP) is 3.22. The fraction of sp³-hybridized carbons (Fsp3) is 0.333. The summed E-state index contributed by atoms with van der Waals surface area (Å²) in [5.41, 5.74) is 0.256. The van der Waals surface area contributed by atoms with Crippen LogP contribution in [0, 0.1) is 5.82 Å². The maximum atomic E-state index is 14.8. The number of Topliss-reactive ketones (excluding diaryl/α,β-unsaturated/α-hetero) is 1. The standard InChI is InChI=1S/C24H27FN2O5/c1-26(2)12-7-13-27-21(16-8-5-6-9-17(16)25)20(23(29)24(27)30)22(28)15-10-11-18(31-3)19(14-15)32-4/h5-6,8-11,14,21,28H,7,12-13H2,1-4H3/b22-20+/t21-/m0/s1. The molecule has 0 saturated carbocycles. The van der Waals surface area contributed by atoms with Crippen molar-refractivity contribution < 1.29 is 28.6 Å². The first-order valence-corrected chi connectivity index (χ1v) is 10.2. The monoisotopic (exact) mass is 442 g/mol. The Kier molecular flexibility index (Phi) is 7.15. The molecule has 7 nitrogen and oxygen atoms in total. The highest BCUT2D eigenvalue weighted by Gasteiger charge is 2.46. The molecule has 170 valence electrons. The molecule has 1 N–H and O–H groups in total. The van der Waals surface area contributed by atoms with E-state index in [4.69, 9.17) is 9.47 Å². The maximum Gasteiger partial charge on any atom is 0.295 e. The number of carbonyl (C=O) groups is 2. The summed E-state index contributed by atoms with van der Waals surface area (Å²) in [6.07, 6.45) is 0.585. The molecule has 1 aliphatic rings. The van der Waals surface area contributed by atoms with Gasteiger partial charge in [-0.2, -0.15) is 0 Å². The zero-order chi connectivity index (χ0) is 23.4. The first-order valence-electron chi connectivity index (χ1n) is 10.2. The minimum atomic E-state index is -1.04. The first-order chi connectivity index (χ1) is 15.3. The van der Waals surface area contributed by atoms with Gasteiger partial charge in [-0.15, -0.1) is 0 Å². The SMILES string of the molecule is COc1ccc(/C(O)=C2\C(=O)C(=O)N(CCCN(C)C)[C@H]2c2ccccc2F)cc1OC. The van der Waals surface area contributed by atoms with Crippen molar-refractivity contribution in [3.63, 3.8) is 0 Å². The Hall–Kier alpha value is -3.39. The number of benzene rings is 2. The lowest BCUT2D eigenvalue weighted by Gasteiger charge is -2.26. The van der Waals surface area contributed by atoms with Gasteiger partial charge in [0.05, 0.1) is 25.8 Å². The van der Waals surface area contributed by atoms with E-state index in [0.717, 1.165) is 0 Å². The Labute approximate surface area is 186 Å². The molecule has 0 bridgehead atoms. The molecule has 2 aromatic rings. The number of rotatable bonds is 8. The second-order valence-corrected chi connectivity index (χ2v) is 7.74. The summed E-state index contributed by atoms with van der Waals surface area (Å²) >= 11 is 0. The smallest absolute Gasteiger partial charge is 0.295 e. The van der Waals surface area contributed by atoms with E-state index in [1.165, 1.54) is 43.4 Å². The van der Waals surface area contributed by atoms with Crippen molar-refractivity contribution in [3.05, 3.63) is 65.0 Å². The summed E-state index contributed by atoms with van der Waals surface area (Å²) in [4.78, 5) is 29.2. The molecule has 0 radical (unpaired) electrons. The summed E-state index contributed by atoms with van der Waals surface area (Å²) in [7, 11) is 6.73. The number of nitrogens with zero attached hydrogens (tertiary/aromatic N) is 2. The van der Waals surface area contributed by atoms with E-state index >= 15 is 0 Å². The second kappa shape index (κ2) is 9.82. The molecule has 0 aromatic heterocycles. The molecule has 1 amide bonds. The van der Waals surface area contributed by atoms with Crippen molar-refractivity contribution in [2.24, 2.45) is 0 Å². The lowest BCUT2D eigenvalue weighted by atomic mass is 9.94. The van der Waals surface area contributed by atoms with Crippen molar-refractivity contribution in [3.8, 4) is 11.5 Å². The molecule has 0 unspecified atom stereocenters. The Morgan fingerprint density at radius 2 is 1.78 bits per heavy atom. The molecule has 1 saturated heterocycles. The van der Waals surface area contributed by atoms with E-state index in [0.29, 0.717) is 24.5 Å². The van der Waals surface area contributed by atoms with Gasteiger partial charge >= 0.3 is 0 Å². The van der Waals surface area contributed by atoms with E-state index in [1.54, 1.807) is 18.2 Å². The normalized spacial score (nSPS) is 17.8. The van der Waals surface area contributed by atoms with Gasteiger partial charge in [0.1, 0.15) is 11.6 Å². The lowest BCUT2D eigenvalue weighted by Crippen LogP contribution is -2.32. The van der Waals surface area contributed by atoms with Crippen LogP contribution in [0.4, 0.5) is 4.39 Å². The fourth-order valence-corrected chi connectivity index (χ4v) is 3.83. The molecule has 1 atom stereocenters. The van der Waals surface area contributed by atoms with E-state index in [-0.39, 0.29) is 23.2 Å². The van der Waals surface area contributed by atoms with Crippen molar-refractivity contribution in [1.82, 2.24) is 9.80 Å². The minimum Gasteiger partial charge on any atom is -0.507 e. The average molecular weight is 442 g/mol. The third kappa shape index (κ3) is 4.45. The van der Waals surface area contributed by atoms with Gasteiger partial charge in [0, 0.05) is 17.7 Å². The number of aliphatic hydroxyl groups excluding tert-OH is 1. The van der Waals surface area contributed by atoms with Crippen LogP contribution in [0.5, 0.6) is 11.5 Å². The van der Waals surface area contributed by atoms with Crippen molar-refractivity contribution in [2.45, 2.75) is 12.5 Å². The molecule has 8 heteroatoms.